The molecule has 178 valence electrons. The number of hydrogen-bond acceptors (Lipinski definition) is 5. The molecule has 3 heterocycles. The van der Waals surface area contributed by atoms with Gasteiger partial charge in [0, 0.05) is 41.2 Å². The number of carbonyl (C=O) groups is 2. The molecule has 0 saturated carbocycles. The summed E-state index contributed by atoms with van der Waals surface area (Å²) in [7, 11) is 0. The summed E-state index contributed by atoms with van der Waals surface area (Å²) in [5.41, 5.74) is 3.76. The molecule has 0 bridgehead atoms. The van der Waals surface area contributed by atoms with Crippen molar-refractivity contribution in [2.75, 3.05) is 18.4 Å². The number of carbonyl (C=O) groups excluding carboxylic acids is 2. The molecule has 1 fully saturated rings. The van der Waals surface area contributed by atoms with Crippen LogP contribution in [-0.2, 0) is 11.2 Å². The molecule has 1 saturated heterocycles. The molecule has 0 radical (unpaired) electrons. The molecule has 2 aromatic heterocycles. The summed E-state index contributed by atoms with van der Waals surface area (Å²) in [6.07, 6.45) is 1.89. The second-order valence-corrected chi connectivity index (χ2v) is 9.73. The number of hydrogen-bond donors (Lipinski definition) is 1. The van der Waals surface area contributed by atoms with E-state index >= 15 is 0 Å². The van der Waals surface area contributed by atoms with Gasteiger partial charge in [-0.15, -0.1) is 11.3 Å². The minimum absolute atomic E-state index is 0.0509. The van der Waals surface area contributed by atoms with Crippen LogP contribution in [0.1, 0.15) is 45.5 Å². The van der Waals surface area contributed by atoms with Crippen molar-refractivity contribution in [1.29, 1.82) is 0 Å². The lowest BCUT2D eigenvalue weighted by atomic mass is 9.97. The number of benzene rings is 2. The number of pyridine rings is 1. The molecular formula is C27H25FN4O2S. The molecule has 8 heteroatoms. The van der Waals surface area contributed by atoms with Gasteiger partial charge in [-0.2, -0.15) is 0 Å². The monoisotopic (exact) mass is 488 g/mol. The van der Waals surface area contributed by atoms with Crippen LogP contribution in [0.3, 0.4) is 0 Å². The lowest BCUT2D eigenvalue weighted by Gasteiger charge is -2.31. The third-order valence-electron chi connectivity index (χ3n) is 6.31. The maximum absolute atomic E-state index is 13.1. The summed E-state index contributed by atoms with van der Waals surface area (Å²) < 4.78 is 13.1. The molecule has 4 aromatic rings. The van der Waals surface area contributed by atoms with E-state index in [4.69, 9.17) is 0 Å². The average molecular weight is 489 g/mol. The summed E-state index contributed by atoms with van der Waals surface area (Å²) in [4.78, 5) is 36.4. The van der Waals surface area contributed by atoms with Crippen LogP contribution in [0.25, 0.3) is 10.9 Å². The first-order chi connectivity index (χ1) is 16.9. The maximum Gasteiger partial charge on any atom is 0.275 e. The molecule has 0 spiro atoms. The van der Waals surface area contributed by atoms with Gasteiger partial charge in [-0.1, -0.05) is 18.2 Å². The number of aromatic nitrogens is 2. The molecule has 35 heavy (non-hydrogen) atoms. The molecule has 1 N–H and O–H groups in total. The molecule has 0 atom stereocenters. The molecular weight excluding hydrogens is 463 g/mol. The van der Waals surface area contributed by atoms with Gasteiger partial charge in [0.15, 0.2) is 0 Å². The number of fused-ring (bicyclic) bond motifs is 1. The van der Waals surface area contributed by atoms with Crippen molar-refractivity contribution < 1.29 is 14.0 Å². The van der Waals surface area contributed by atoms with Crippen LogP contribution in [0.15, 0.2) is 60.0 Å². The van der Waals surface area contributed by atoms with Gasteiger partial charge in [0.1, 0.15) is 11.5 Å². The first-order valence-electron chi connectivity index (χ1n) is 11.6. The number of thiazole rings is 1. The fourth-order valence-corrected chi connectivity index (χ4v) is 5.32. The zero-order valence-corrected chi connectivity index (χ0v) is 20.1. The summed E-state index contributed by atoms with van der Waals surface area (Å²) in [6.45, 7) is 3.25. The average Bonchev–Trinajstić information content (AvgIpc) is 3.36. The fourth-order valence-electron chi connectivity index (χ4n) is 4.34. The zero-order valence-electron chi connectivity index (χ0n) is 19.3. The minimum atomic E-state index is -0.303. The van der Waals surface area contributed by atoms with Crippen molar-refractivity contribution in [2.45, 2.75) is 32.1 Å². The van der Waals surface area contributed by atoms with Crippen LogP contribution in [0.4, 0.5) is 10.1 Å². The third kappa shape index (κ3) is 5.38. The van der Waals surface area contributed by atoms with E-state index in [-0.39, 0.29) is 30.0 Å². The van der Waals surface area contributed by atoms with Crippen molar-refractivity contribution in [2.24, 2.45) is 0 Å². The first-order valence-corrected chi connectivity index (χ1v) is 12.5. The Morgan fingerprint density at radius 1 is 1.06 bits per heavy atom. The maximum atomic E-state index is 13.1. The summed E-state index contributed by atoms with van der Waals surface area (Å²) in [5, 5.41) is 6.62. The molecule has 1 aliphatic heterocycles. The number of likely N-dealkylation sites (tertiary alicyclic amines) is 1. The van der Waals surface area contributed by atoms with Gasteiger partial charge in [-0.3, -0.25) is 14.6 Å². The molecule has 2 amide bonds. The largest absolute Gasteiger partial charge is 0.342 e. The Morgan fingerprint density at radius 3 is 2.60 bits per heavy atom. The van der Waals surface area contributed by atoms with Crippen LogP contribution in [0, 0.1) is 12.7 Å². The smallest absolute Gasteiger partial charge is 0.275 e. The lowest BCUT2D eigenvalue weighted by Crippen LogP contribution is -2.38. The van der Waals surface area contributed by atoms with E-state index in [1.54, 1.807) is 17.5 Å². The molecule has 6 nitrogen and oxygen atoms in total. The van der Waals surface area contributed by atoms with E-state index in [0.717, 1.165) is 40.0 Å². The van der Waals surface area contributed by atoms with E-state index < -0.39 is 0 Å². The second-order valence-electron chi connectivity index (χ2n) is 8.84. The standard InChI is InChI=1S/C27H25FN4O2S/c1-17-2-5-20-15-22(8-9-23(20)29-17)30-26(34)24-16-35-27(31-24)19-10-12-32(13-11-19)25(33)14-18-3-6-21(28)7-4-18/h2-9,15-16,19H,10-14H2,1H3,(H,30,34). The molecule has 1 aliphatic rings. The Morgan fingerprint density at radius 2 is 1.83 bits per heavy atom. The normalized spacial score (nSPS) is 14.3. The lowest BCUT2D eigenvalue weighted by molar-refractivity contribution is -0.131. The minimum Gasteiger partial charge on any atom is -0.342 e. The van der Waals surface area contributed by atoms with Crippen LogP contribution < -0.4 is 5.32 Å². The first kappa shape index (κ1) is 23.1. The van der Waals surface area contributed by atoms with E-state index in [1.165, 1.54) is 23.5 Å². The topological polar surface area (TPSA) is 75.2 Å². The van der Waals surface area contributed by atoms with Gasteiger partial charge in [0.2, 0.25) is 5.91 Å². The number of aryl methyl sites for hydroxylation is 1. The van der Waals surface area contributed by atoms with Gasteiger partial charge < -0.3 is 10.2 Å². The molecule has 0 aliphatic carbocycles. The Balaban J connectivity index is 1.17. The highest BCUT2D eigenvalue weighted by molar-refractivity contribution is 7.10. The highest BCUT2D eigenvalue weighted by Crippen LogP contribution is 2.31. The number of halogens is 1. The second kappa shape index (κ2) is 9.92. The highest BCUT2D eigenvalue weighted by atomic mass is 32.1. The third-order valence-corrected chi connectivity index (χ3v) is 7.31. The predicted octanol–water partition coefficient (Wildman–Crippen LogP) is 5.34. The molecule has 2 aromatic carbocycles. The number of amides is 2. The number of piperidine rings is 1. The number of anilines is 1. The van der Waals surface area contributed by atoms with Crippen LogP contribution in [0.5, 0.6) is 0 Å². The Labute approximate surface area is 206 Å². The fraction of sp³-hybridized carbons (Fsp3) is 0.259. The summed E-state index contributed by atoms with van der Waals surface area (Å²) >= 11 is 1.49. The van der Waals surface area contributed by atoms with E-state index in [9.17, 15) is 14.0 Å². The quantitative estimate of drug-likeness (QED) is 0.412. The van der Waals surface area contributed by atoms with Gasteiger partial charge in [-0.05, 0) is 61.7 Å². The summed E-state index contributed by atoms with van der Waals surface area (Å²) in [5.74, 6) is -0.261. The Kier molecular flexibility index (Phi) is 6.55. The Hall–Kier alpha value is -3.65. The van der Waals surface area contributed by atoms with Gasteiger partial charge in [0.25, 0.3) is 5.91 Å². The van der Waals surface area contributed by atoms with Crippen molar-refractivity contribution in [1.82, 2.24) is 14.9 Å². The van der Waals surface area contributed by atoms with Gasteiger partial charge >= 0.3 is 0 Å². The van der Waals surface area contributed by atoms with Crippen LogP contribution in [-0.4, -0.2) is 39.8 Å². The molecule has 0 unspecified atom stereocenters. The Bertz CT molecular complexity index is 1380. The number of rotatable bonds is 5. The van der Waals surface area contributed by atoms with Gasteiger partial charge in [-0.25, -0.2) is 9.37 Å². The summed E-state index contributed by atoms with van der Waals surface area (Å²) in [6, 6.07) is 15.6. The zero-order chi connectivity index (χ0) is 24.4. The predicted molar refractivity (Wildman–Crippen MR) is 135 cm³/mol. The van der Waals surface area contributed by atoms with Crippen molar-refractivity contribution in [3.63, 3.8) is 0 Å². The van der Waals surface area contributed by atoms with Crippen LogP contribution in [0.2, 0.25) is 0 Å². The molecule has 5 rings (SSSR count). The highest BCUT2D eigenvalue weighted by Gasteiger charge is 2.26. The van der Waals surface area contributed by atoms with Crippen molar-refractivity contribution >= 4 is 39.7 Å². The van der Waals surface area contributed by atoms with Gasteiger partial charge in [0.05, 0.1) is 16.9 Å². The van der Waals surface area contributed by atoms with Crippen molar-refractivity contribution in [3.05, 3.63) is 87.8 Å². The van der Waals surface area contributed by atoms with E-state index in [2.05, 4.69) is 15.3 Å². The van der Waals surface area contributed by atoms with Crippen LogP contribution >= 0.6 is 11.3 Å². The van der Waals surface area contributed by atoms with E-state index in [1.807, 2.05) is 42.2 Å². The number of nitrogens with one attached hydrogen (secondary N) is 1. The van der Waals surface area contributed by atoms with Crippen molar-refractivity contribution in [3.8, 4) is 0 Å². The SMILES string of the molecule is Cc1ccc2cc(NC(=O)c3csc(C4CCN(C(=O)Cc5ccc(F)cc5)CC4)n3)ccc2n1. The van der Waals surface area contributed by atoms with E-state index in [0.29, 0.717) is 24.5 Å². The number of nitrogens with zero attached hydrogens (tertiary/aromatic N) is 3.